The third-order valence-corrected chi connectivity index (χ3v) is 4.81. The number of rotatable bonds is 3. The van der Waals surface area contributed by atoms with Crippen LogP contribution in [0.5, 0.6) is 0 Å². The predicted molar refractivity (Wildman–Crippen MR) is 73.0 cm³/mol. The third kappa shape index (κ3) is 2.09. The molecule has 0 spiro atoms. The number of carbonyl (C=O) groups is 1. The summed E-state index contributed by atoms with van der Waals surface area (Å²) in [5.41, 5.74) is 2.21. The summed E-state index contributed by atoms with van der Waals surface area (Å²) < 4.78 is 4.90. The summed E-state index contributed by atoms with van der Waals surface area (Å²) in [6, 6.07) is 6.49. The average Bonchev–Trinajstić information content (AvgIpc) is 3.18. The van der Waals surface area contributed by atoms with Crippen molar-refractivity contribution in [3.63, 3.8) is 0 Å². The molecule has 0 unspecified atom stereocenters. The molecule has 3 rings (SSSR count). The smallest absolute Gasteiger partial charge is 0.312 e. The zero-order valence-electron chi connectivity index (χ0n) is 10.5. The molecule has 3 nitrogen and oxygen atoms in total. The molecule has 0 aromatic heterocycles. The van der Waals surface area contributed by atoms with Gasteiger partial charge in [-0.3, -0.25) is 4.79 Å². The van der Waals surface area contributed by atoms with Gasteiger partial charge >= 0.3 is 5.97 Å². The van der Waals surface area contributed by atoms with Gasteiger partial charge in [-0.25, -0.2) is 0 Å². The summed E-state index contributed by atoms with van der Waals surface area (Å²) in [6.07, 6.45) is 2.72. The molecule has 1 aromatic rings. The van der Waals surface area contributed by atoms with Crippen LogP contribution in [-0.4, -0.2) is 25.4 Å². The standard InChI is InChI=1S/C14H17NO2S/c1-17-13(16)14(4-5-14)9-10-2-3-12-11(8-10)15-6-7-18-12/h2-3,8,15H,4-7,9H2,1H3. The van der Waals surface area contributed by atoms with Gasteiger partial charge in [0.1, 0.15) is 0 Å². The highest BCUT2D eigenvalue weighted by atomic mass is 32.2. The first-order valence-electron chi connectivity index (χ1n) is 6.32. The van der Waals surface area contributed by atoms with Crippen LogP contribution in [0.3, 0.4) is 0 Å². The lowest BCUT2D eigenvalue weighted by atomic mass is 9.96. The van der Waals surface area contributed by atoms with Gasteiger partial charge in [0, 0.05) is 22.9 Å². The van der Waals surface area contributed by atoms with Crippen molar-refractivity contribution in [1.82, 2.24) is 0 Å². The molecule has 1 aliphatic heterocycles. The molecule has 0 radical (unpaired) electrons. The fraction of sp³-hybridized carbons (Fsp3) is 0.500. The van der Waals surface area contributed by atoms with Gasteiger partial charge < -0.3 is 10.1 Å². The molecule has 0 amide bonds. The molecule has 4 heteroatoms. The fourth-order valence-electron chi connectivity index (χ4n) is 2.51. The van der Waals surface area contributed by atoms with Crippen LogP contribution in [-0.2, 0) is 16.0 Å². The molecule has 1 fully saturated rings. The van der Waals surface area contributed by atoms with Gasteiger partial charge in [-0.2, -0.15) is 0 Å². The van der Waals surface area contributed by atoms with Crippen molar-refractivity contribution < 1.29 is 9.53 Å². The summed E-state index contributed by atoms with van der Waals surface area (Å²) >= 11 is 1.89. The Morgan fingerprint density at radius 2 is 2.33 bits per heavy atom. The van der Waals surface area contributed by atoms with Crippen molar-refractivity contribution in [2.24, 2.45) is 5.41 Å². The molecule has 1 saturated carbocycles. The molecule has 1 heterocycles. The van der Waals surface area contributed by atoms with E-state index in [1.807, 2.05) is 11.8 Å². The zero-order chi connectivity index (χ0) is 12.6. The highest BCUT2D eigenvalue weighted by Gasteiger charge is 2.50. The minimum absolute atomic E-state index is 0.0532. The second kappa shape index (κ2) is 4.50. The highest BCUT2D eigenvalue weighted by molar-refractivity contribution is 7.99. The van der Waals surface area contributed by atoms with Crippen molar-refractivity contribution >= 4 is 23.4 Å². The second-order valence-corrected chi connectivity index (χ2v) is 6.19. The number of thioether (sulfide) groups is 1. The maximum absolute atomic E-state index is 11.7. The number of nitrogens with one attached hydrogen (secondary N) is 1. The molecule has 0 saturated heterocycles. The molecule has 96 valence electrons. The van der Waals surface area contributed by atoms with Crippen LogP contribution in [0.4, 0.5) is 5.69 Å². The summed E-state index contributed by atoms with van der Waals surface area (Å²) in [5, 5.41) is 3.42. The zero-order valence-corrected chi connectivity index (χ0v) is 11.3. The summed E-state index contributed by atoms with van der Waals surface area (Å²) in [4.78, 5) is 13.1. The van der Waals surface area contributed by atoms with Crippen LogP contribution in [0.25, 0.3) is 0 Å². The van der Waals surface area contributed by atoms with E-state index in [9.17, 15) is 4.79 Å². The number of esters is 1. The Hall–Kier alpha value is -1.16. The van der Waals surface area contributed by atoms with E-state index in [1.165, 1.54) is 23.3 Å². The first kappa shape index (κ1) is 11.9. The molecule has 0 atom stereocenters. The van der Waals surface area contributed by atoms with E-state index in [2.05, 4.69) is 23.5 Å². The third-order valence-electron chi connectivity index (χ3n) is 3.73. The number of hydrogen-bond acceptors (Lipinski definition) is 4. The minimum atomic E-state index is -0.231. The number of ether oxygens (including phenoxy) is 1. The molecular formula is C14H17NO2S. The van der Waals surface area contributed by atoms with E-state index in [4.69, 9.17) is 4.74 Å². The second-order valence-electron chi connectivity index (χ2n) is 5.05. The number of methoxy groups -OCH3 is 1. The van der Waals surface area contributed by atoms with Gasteiger partial charge in [0.15, 0.2) is 0 Å². The Kier molecular flexibility index (Phi) is 2.98. The average molecular weight is 263 g/mol. The van der Waals surface area contributed by atoms with Crippen LogP contribution in [0.15, 0.2) is 23.1 Å². The van der Waals surface area contributed by atoms with Gasteiger partial charge in [-0.15, -0.1) is 11.8 Å². The number of carbonyl (C=O) groups excluding carboxylic acids is 1. The van der Waals surface area contributed by atoms with Crippen LogP contribution >= 0.6 is 11.8 Å². The number of fused-ring (bicyclic) bond motifs is 1. The van der Waals surface area contributed by atoms with Gasteiger partial charge in [0.25, 0.3) is 0 Å². The first-order chi connectivity index (χ1) is 8.73. The lowest BCUT2D eigenvalue weighted by Crippen LogP contribution is -2.20. The maximum Gasteiger partial charge on any atom is 0.312 e. The Morgan fingerprint density at radius 1 is 1.50 bits per heavy atom. The van der Waals surface area contributed by atoms with Crippen LogP contribution < -0.4 is 5.32 Å². The molecule has 1 N–H and O–H groups in total. The van der Waals surface area contributed by atoms with E-state index in [0.717, 1.165) is 31.6 Å². The molecule has 18 heavy (non-hydrogen) atoms. The van der Waals surface area contributed by atoms with E-state index in [0.29, 0.717) is 0 Å². The van der Waals surface area contributed by atoms with Crippen molar-refractivity contribution in [1.29, 1.82) is 0 Å². The Morgan fingerprint density at radius 3 is 3.06 bits per heavy atom. The van der Waals surface area contributed by atoms with Crippen molar-refractivity contribution in [3.8, 4) is 0 Å². The monoisotopic (exact) mass is 263 g/mol. The van der Waals surface area contributed by atoms with E-state index in [-0.39, 0.29) is 11.4 Å². The van der Waals surface area contributed by atoms with Gasteiger partial charge in [-0.05, 0) is 37.0 Å². The summed E-state index contributed by atoms with van der Waals surface area (Å²) in [7, 11) is 1.48. The van der Waals surface area contributed by atoms with Crippen molar-refractivity contribution in [3.05, 3.63) is 23.8 Å². The summed E-state index contributed by atoms with van der Waals surface area (Å²) in [5.74, 6) is 1.07. The van der Waals surface area contributed by atoms with Crippen LogP contribution in [0.1, 0.15) is 18.4 Å². The number of anilines is 1. The van der Waals surface area contributed by atoms with E-state index in [1.54, 1.807) is 0 Å². The van der Waals surface area contributed by atoms with Crippen LogP contribution in [0, 0.1) is 5.41 Å². The van der Waals surface area contributed by atoms with E-state index >= 15 is 0 Å². The highest BCUT2D eigenvalue weighted by Crippen LogP contribution is 2.49. The summed E-state index contributed by atoms with van der Waals surface area (Å²) in [6.45, 7) is 1.02. The number of hydrogen-bond donors (Lipinski definition) is 1. The Balaban J connectivity index is 1.79. The van der Waals surface area contributed by atoms with Crippen LogP contribution in [0.2, 0.25) is 0 Å². The Bertz CT molecular complexity index is 483. The number of benzene rings is 1. The quantitative estimate of drug-likeness (QED) is 0.851. The molecule has 1 aliphatic carbocycles. The molecule has 1 aromatic carbocycles. The largest absolute Gasteiger partial charge is 0.469 e. The molecule has 0 bridgehead atoms. The fourth-order valence-corrected chi connectivity index (χ4v) is 3.38. The van der Waals surface area contributed by atoms with Crippen molar-refractivity contribution in [2.75, 3.05) is 24.7 Å². The maximum atomic E-state index is 11.7. The first-order valence-corrected chi connectivity index (χ1v) is 7.30. The molecular weight excluding hydrogens is 246 g/mol. The lowest BCUT2D eigenvalue weighted by molar-refractivity contribution is -0.147. The minimum Gasteiger partial charge on any atom is -0.469 e. The van der Waals surface area contributed by atoms with Crippen molar-refractivity contribution in [2.45, 2.75) is 24.2 Å². The van der Waals surface area contributed by atoms with Gasteiger partial charge in [0.05, 0.1) is 12.5 Å². The van der Waals surface area contributed by atoms with Gasteiger partial charge in [0.2, 0.25) is 0 Å². The van der Waals surface area contributed by atoms with Gasteiger partial charge in [-0.1, -0.05) is 6.07 Å². The normalized spacial score (nSPS) is 19.6. The predicted octanol–water partition coefficient (Wildman–Crippen LogP) is 2.70. The SMILES string of the molecule is COC(=O)C1(Cc2ccc3c(c2)NCCS3)CC1. The van der Waals surface area contributed by atoms with E-state index < -0.39 is 0 Å². The topological polar surface area (TPSA) is 38.3 Å². The lowest BCUT2D eigenvalue weighted by Gasteiger charge is -2.19. The Labute approximate surface area is 111 Å². The molecule has 2 aliphatic rings.